The van der Waals surface area contributed by atoms with Crippen molar-refractivity contribution in [2.75, 3.05) is 25.7 Å². The SMILES string of the molecule is C=CCCl.CC/C=C/C=O.CN=C(NNC)c1ccc2[nH]nc(-c3cccc(N)c3)c2c1. The summed E-state index contributed by atoms with van der Waals surface area (Å²) in [7, 11) is 3.55. The molecule has 0 aliphatic rings. The highest BCUT2D eigenvalue weighted by Gasteiger charge is 2.11. The van der Waals surface area contributed by atoms with Crippen LogP contribution in [0, 0.1) is 0 Å². The number of nitrogens with zero attached hydrogens (tertiary/aromatic N) is 2. The fourth-order valence-electron chi connectivity index (χ4n) is 2.63. The fourth-order valence-corrected chi connectivity index (χ4v) is 2.63. The number of hydrogen-bond donors (Lipinski definition) is 4. The van der Waals surface area contributed by atoms with Crippen LogP contribution in [0.4, 0.5) is 5.69 Å². The Kier molecular flexibility index (Phi) is 12.8. The minimum atomic E-state index is 0.556. The Morgan fingerprint density at radius 2 is 2.06 bits per heavy atom. The number of hydrogen-bond acceptors (Lipinski definition) is 5. The molecule has 1 aromatic heterocycles. The van der Waals surface area contributed by atoms with Gasteiger partial charge in [0, 0.05) is 42.2 Å². The standard InChI is InChI=1S/C16H18N6.C5H8O.C3H5Cl/c1-18-16(22-19-2)11-6-7-14-13(9-11)15(21-20-14)10-4-3-5-12(17)8-10;1-2-3-4-5-6;1-2-3-4/h3-9,19H,17H2,1-2H3,(H,18,22)(H,20,21);3-5H,2H2,1H3;2H,1,3H2/b;4-3+;. The van der Waals surface area contributed by atoms with Gasteiger partial charge in [0.25, 0.3) is 0 Å². The van der Waals surface area contributed by atoms with Gasteiger partial charge in [0.2, 0.25) is 0 Å². The Morgan fingerprint density at radius 1 is 1.31 bits per heavy atom. The molecule has 170 valence electrons. The summed E-state index contributed by atoms with van der Waals surface area (Å²) in [5, 5.41) is 8.51. The average molecular weight is 455 g/mol. The van der Waals surface area contributed by atoms with Gasteiger partial charge in [0.15, 0.2) is 0 Å². The molecule has 0 saturated carbocycles. The second kappa shape index (κ2) is 15.4. The summed E-state index contributed by atoms with van der Waals surface area (Å²) >= 11 is 5.07. The van der Waals surface area contributed by atoms with Crippen LogP contribution in [-0.2, 0) is 4.79 Å². The van der Waals surface area contributed by atoms with Gasteiger partial charge < -0.3 is 11.2 Å². The normalized spacial score (nSPS) is 10.7. The highest BCUT2D eigenvalue weighted by molar-refractivity contribution is 6.18. The van der Waals surface area contributed by atoms with Gasteiger partial charge >= 0.3 is 0 Å². The molecule has 0 atom stereocenters. The van der Waals surface area contributed by atoms with Crippen molar-refractivity contribution in [2.24, 2.45) is 4.99 Å². The summed E-state index contributed by atoms with van der Waals surface area (Å²) in [6.07, 6.45) is 6.68. The van der Waals surface area contributed by atoms with Crippen LogP contribution in [0.15, 0.2) is 72.3 Å². The minimum absolute atomic E-state index is 0.556. The third-order valence-electron chi connectivity index (χ3n) is 4.02. The number of carbonyl (C=O) groups excluding carboxylic acids is 1. The molecular formula is C24H31ClN6O. The molecule has 0 radical (unpaired) electrons. The molecule has 0 spiro atoms. The van der Waals surface area contributed by atoms with Gasteiger partial charge in [-0.3, -0.25) is 14.9 Å². The number of aromatic amines is 1. The molecule has 0 amide bonds. The van der Waals surface area contributed by atoms with E-state index in [2.05, 4.69) is 38.7 Å². The van der Waals surface area contributed by atoms with Gasteiger partial charge in [-0.25, -0.2) is 5.43 Å². The number of aromatic nitrogens is 2. The van der Waals surface area contributed by atoms with E-state index in [-0.39, 0.29) is 0 Å². The van der Waals surface area contributed by atoms with Crippen molar-refractivity contribution in [3.63, 3.8) is 0 Å². The highest BCUT2D eigenvalue weighted by Crippen LogP contribution is 2.28. The van der Waals surface area contributed by atoms with E-state index in [1.54, 1.807) is 20.2 Å². The molecule has 2 aromatic carbocycles. The third kappa shape index (κ3) is 8.37. The second-order valence-corrected chi connectivity index (χ2v) is 6.63. The number of nitrogens with two attached hydrogens (primary N) is 1. The van der Waals surface area contributed by atoms with Gasteiger partial charge in [-0.1, -0.05) is 31.2 Å². The molecule has 1 heterocycles. The molecule has 5 N–H and O–H groups in total. The van der Waals surface area contributed by atoms with Crippen molar-refractivity contribution in [1.29, 1.82) is 0 Å². The van der Waals surface area contributed by atoms with E-state index in [4.69, 9.17) is 17.3 Å². The summed E-state index contributed by atoms with van der Waals surface area (Å²) < 4.78 is 0. The summed E-state index contributed by atoms with van der Waals surface area (Å²) in [4.78, 5) is 13.7. The number of rotatable bonds is 6. The van der Waals surface area contributed by atoms with Crippen LogP contribution in [0.1, 0.15) is 18.9 Å². The van der Waals surface area contributed by atoms with Crippen molar-refractivity contribution in [2.45, 2.75) is 13.3 Å². The zero-order chi connectivity index (χ0) is 23.8. The number of carbonyl (C=O) groups is 1. The number of aldehydes is 1. The molecule has 3 aromatic rings. The zero-order valence-electron chi connectivity index (χ0n) is 18.7. The number of hydrazine groups is 1. The van der Waals surface area contributed by atoms with Crippen molar-refractivity contribution in [3.8, 4) is 11.3 Å². The largest absolute Gasteiger partial charge is 0.399 e. The molecule has 0 aliphatic heterocycles. The van der Waals surface area contributed by atoms with Crippen LogP contribution >= 0.6 is 11.6 Å². The van der Waals surface area contributed by atoms with Crippen molar-refractivity contribution >= 4 is 40.3 Å². The van der Waals surface area contributed by atoms with Gasteiger partial charge in [0.05, 0.1) is 11.2 Å². The molecule has 0 aliphatic carbocycles. The van der Waals surface area contributed by atoms with Crippen LogP contribution in [0.25, 0.3) is 22.2 Å². The number of nitrogens with one attached hydrogen (secondary N) is 3. The Bertz CT molecular complexity index is 1040. The molecular weight excluding hydrogens is 424 g/mol. The third-order valence-corrected chi connectivity index (χ3v) is 4.24. The second-order valence-electron chi connectivity index (χ2n) is 6.32. The number of allylic oxidation sites excluding steroid dienone is 3. The topological polar surface area (TPSA) is 108 Å². The quantitative estimate of drug-likeness (QED) is 0.0642. The van der Waals surface area contributed by atoms with Gasteiger partial charge in [-0.05, 0) is 42.8 Å². The van der Waals surface area contributed by atoms with E-state index in [1.165, 1.54) is 6.08 Å². The maximum absolute atomic E-state index is 9.48. The number of nitrogen functional groups attached to an aromatic ring is 1. The van der Waals surface area contributed by atoms with Crippen LogP contribution in [-0.4, -0.2) is 42.3 Å². The number of amidine groups is 1. The van der Waals surface area contributed by atoms with Crippen LogP contribution in [0.2, 0.25) is 0 Å². The lowest BCUT2D eigenvalue weighted by Gasteiger charge is -2.08. The number of halogens is 1. The lowest BCUT2D eigenvalue weighted by molar-refractivity contribution is -0.104. The maximum atomic E-state index is 9.48. The molecule has 3 rings (SSSR count). The molecule has 7 nitrogen and oxygen atoms in total. The van der Waals surface area contributed by atoms with Crippen LogP contribution < -0.4 is 16.6 Å². The molecule has 8 heteroatoms. The molecule has 0 saturated heterocycles. The van der Waals surface area contributed by atoms with E-state index in [0.717, 1.165) is 52.0 Å². The Balaban J connectivity index is 0.000000432. The van der Waals surface area contributed by atoms with E-state index < -0.39 is 0 Å². The smallest absolute Gasteiger partial charge is 0.142 e. The molecule has 0 bridgehead atoms. The minimum Gasteiger partial charge on any atom is -0.399 e. The summed E-state index contributed by atoms with van der Waals surface area (Å²) in [5.41, 5.74) is 16.3. The number of anilines is 1. The van der Waals surface area contributed by atoms with Gasteiger partial charge in [-0.15, -0.1) is 18.2 Å². The lowest BCUT2D eigenvalue weighted by atomic mass is 10.0. The number of aliphatic imine (C=N–C) groups is 1. The highest BCUT2D eigenvalue weighted by atomic mass is 35.5. The van der Waals surface area contributed by atoms with Crippen molar-refractivity contribution in [3.05, 3.63) is 72.8 Å². The van der Waals surface area contributed by atoms with E-state index in [0.29, 0.717) is 5.88 Å². The van der Waals surface area contributed by atoms with Gasteiger partial charge in [0.1, 0.15) is 12.1 Å². The molecule has 0 fully saturated rings. The monoisotopic (exact) mass is 454 g/mol. The first kappa shape index (κ1) is 26.6. The summed E-state index contributed by atoms with van der Waals surface area (Å²) in [6, 6.07) is 13.8. The first-order valence-electron chi connectivity index (χ1n) is 10.1. The lowest BCUT2D eigenvalue weighted by Crippen LogP contribution is -2.34. The Labute approximate surface area is 194 Å². The average Bonchev–Trinajstić information content (AvgIpc) is 3.25. The summed E-state index contributed by atoms with van der Waals surface area (Å²) in [6.45, 7) is 5.33. The Morgan fingerprint density at radius 3 is 2.59 bits per heavy atom. The number of H-pyrrole nitrogens is 1. The van der Waals surface area contributed by atoms with Crippen molar-refractivity contribution < 1.29 is 4.79 Å². The fraction of sp³-hybridized carbons (Fsp3) is 0.208. The van der Waals surface area contributed by atoms with Crippen LogP contribution in [0.5, 0.6) is 0 Å². The Hall–Kier alpha value is -3.42. The van der Waals surface area contributed by atoms with E-state index in [9.17, 15) is 4.79 Å². The van der Waals surface area contributed by atoms with E-state index >= 15 is 0 Å². The first-order valence-corrected chi connectivity index (χ1v) is 10.6. The van der Waals surface area contributed by atoms with Crippen molar-refractivity contribution in [1.82, 2.24) is 21.0 Å². The summed E-state index contributed by atoms with van der Waals surface area (Å²) in [5.74, 6) is 1.32. The predicted molar refractivity (Wildman–Crippen MR) is 137 cm³/mol. The molecule has 0 unspecified atom stereocenters. The molecule has 32 heavy (non-hydrogen) atoms. The zero-order valence-corrected chi connectivity index (χ0v) is 19.5. The van der Waals surface area contributed by atoms with E-state index in [1.807, 2.05) is 49.4 Å². The van der Waals surface area contributed by atoms with Crippen LogP contribution in [0.3, 0.4) is 0 Å². The maximum Gasteiger partial charge on any atom is 0.142 e. The van der Waals surface area contributed by atoms with Gasteiger partial charge in [-0.2, -0.15) is 5.10 Å². The number of fused-ring (bicyclic) bond motifs is 1. The predicted octanol–water partition coefficient (Wildman–Crippen LogP) is 4.48. The number of benzene rings is 2. The first-order chi connectivity index (χ1) is 15.6. The number of alkyl halides is 1.